The molecule has 8 heteroatoms. The summed E-state index contributed by atoms with van der Waals surface area (Å²) in [5.41, 5.74) is 5.40. The largest absolute Gasteiger partial charge is 0.392 e. The van der Waals surface area contributed by atoms with Crippen LogP contribution in [0.5, 0.6) is 0 Å². The van der Waals surface area contributed by atoms with Crippen LogP contribution in [0.15, 0.2) is 33.9 Å². The van der Waals surface area contributed by atoms with Crippen molar-refractivity contribution in [3.05, 3.63) is 61.9 Å². The molecule has 3 heterocycles. The number of nitrogens with zero attached hydrogens (tertiary/aromatic N) is 1. The van der Waals surface area contributed by atoms with Gasteiger partial charge in [-0.1, -0.05) is 24.3 Å². The molecule has 1 fully saturated rings. The maximum Gasteiger partial charge on any atom is 0.326 e. The maximum atomic E-state index is 12.8. The van der Waals surface area contributed by atoms with Crippen LogP contribution in [0, 0.1) is 0 Å². The van der Waals surface area contributed by atoms with Crippen molar-refractivity contribution in [1.29, 1.82) is 0 Å². The zero-order chi connectivity index (χ0) is 17.6. The Morgan fingerprint density at radius 2 is 2.04 bits per heavy atom. The second-order valence-corrected chi connectivity index (χ2v) is 6.47. The van der Waals surface area contributed by atoms with Gasteiger partial charge in [-0.3, -0.25) is 14.6 Å². The highest BCUT2D eigenvalue weighted by Gasteiger charge is 2.44. The van der Waals surface area contributed by atoms with Gasteiger partial charge < -0.3 is 20.4 Å². The SMILES string of the molecule is Nc1c(C(=O)N2CCCC3(C2)OCc2ccccc23)[nH]c(=O)[nH]c1=O. The minimum absolute atomic E-state index is 0.169. The Bertz CT molecular complexity index is 960. The Balaban J connectivity index is 1.68. The number of aromatic amines is 2. The normalized spacial score (nSPS) is 22.2. The highest BCUT2D eigenvalue weighted by molar-refractivity contribution is 5.97. The van der Waals surface area contributed by atoms with Crippen LogP contribution in [0.1, 0.15) is 34.5 Å². The number of amides is 1. The molecule has 8 nitrogen and oxygen atoms in total. The number of nitrogen functional groups attached to an aromatic ring is 1. The smallest absolute Gasteiger partial charge is 0.326 e. The van der Waals surface area contributed by atoms with Crippen molar-refractivity contribution >= 4 is 11.6 Å². The number of benzene rings is 1. The third-order valence-electron chi connectivity index (χ3n) is 4.95. The van der Waals surface area contributed by atoms with E-state index in [0.29, 0.717) is 19.7 Å². The molecule has 1 unspecified atom stereocenters. The van der Waals surface area contributed by atoms with Gasteiger partial charge in [0.1, 0.15) is 17.0 Å². The second kappa shape index (κ2) is 5.59. The van der Waals surface area contributed by atoms with E-state index >= 15 is 0 Å². The molecule has 0 bridgehead atoms. The molecule has 4 rings (SSSR count). The first-order valence-corrected chi connectivity index (χ1v) is 8.14. The lowest BCUT2D eigenvalue weighted by molar-refractivity contribution is -0.0786. The average Bonchev–Trinajstić information content (AvgIpc) is 2.96. The molecule has 2 aromatic rings. The van der Waals surface area contributed by atoms with Gasteiger partial charge in [0.2, 0.25) is 0 Å². The zero-order valence-electron chi connectivity index (χ0n) is 13.5. The van der Waals surface area contributed by atoms with Gasteiger partial charge in [-0.05, 0) is 24.0 Å². The predicted octanol–water partition coefficient (Wildman–Crippen LogP) is 0.307. The number of likely N-dealkylation sites (tertiary alicyclic amines) is 1. The Kier molecular flexibility index (Phi) is 3.50. The first-order valence-electron chi connectivity index (χ1n) is 8.14. The molecule has 0 aliphatic carbocycles. The lowest BCUT2D eigenvalue weighted by Gasteiger charge is -2.40. The summed E-state index contributed by atoms with van der Waals surface area (Å²) in [6.45, 7) is 1.39. The summed E-state index contributed by atoms with van der Waals surface area (Å²) < 4.78 is 6.08. The van der Waals surface area contributed by atoms with Gasteiger partial charge >= 0.3 is 5.69 Å². The molecule has 130 valence electrons. The summed E-state index contributed by atoms with van der Waals surface area (Å²) in [4.78, 5) is 42.0. The summed E-state index contributed by atoms with van der Waals surface area (Å²) in [7, 11) is 0. The van der Waals surface area contributed by atoms with E-state index in [4.69, 9.17) is 10.5 Å². The predicted molar refractivity (Wildman–Crippen MR) is 90.1 cm³/mol. The lowest BCUT2D eigenvalue weighted by Crippen LogP contribution is -2.49. The summed E-state index contributed by atoms with van der Waals surface area (Å²) in [5, 5.41) is 0. The minimum Gasteiger partial charge on any atom is -0.392 e. The number of rotatable bonds is 1. The van der Waals surface area contributed by atoms with Crippen LogP contribution in [0.25, 0.3) is 0 Å². The van der Waals surface area contributed by atoms with Gasteiger partial charge in [-0.25, -0.2) is 4.79 Å². The van der Waals surface area contributed by atoms with E-state index in [1.54, 1.807) is 4.90 Å². The van der Waals surface area contributed by atoms with Gasteiger partial charge in [0, 0.05) is 6.54 Å². The molecule has 25 heavy (non-hydrogen) atoms. The summed E-state index contributed by atoms with van der Waals surface area (Å²) in [6, 6.07) is 7.98. The summed E-state index contributed by atoms with van der Waals surface area (Å²) in [5.74, 6) is -0.465. The zero-order valence-corrected chi connectivity index (χ0v) is 13.5. The van der Waals surface area contributed by atoms with Crippen molar-refractivity contribution in [3.8, 4) is 0 Å². The molecular weight excluding hydrogens is 324 g/mol. The number of fused-ring (bicyclic) bond motifs is 2. The number of piperidine rings is 1. The third-order valence-corrected chi connectivity index (χ3v) is 4.95. The highest BCUT2D eigenvalue weighted by atomic mass is 16.5. The van der Waals surface area contributed by atoms with Crippen LogP contribution in [0.4, 0.5) is 5.69 Å². The van der Waals surface area contributed by atoms with Crippen molar-refractivity contribution in [2.45, 2.75) is 25.0 Å². The average molecular weight is 342 g/mol. The second-order valence-electron chi connectivity index (χ2n) is 6.47. The third kappa shape index (κ3) is 2.45. The molecule has 2 aliphatic rings. The quantitative estimate of drug-likeness (QED) is 0.688. The number of anilines is 1. The van der Waals surface area contributed by atoms with Crippen LogP contribution in [-0.2, 0) is 16.9 Å². The van der Waals surface area contributed by atoms with E-state index in [0.717, 1.165) is 24.0 Å². The fraction of sp³-hybridized carbons (Fsp3) is 0.353. The lowest BCUT2D eigenvalue weighted by atomic mass is 9.85. The summed E-state index contributed by atoms with van der Waals surface area (Å²) in [6.07, 6.45) is 1.57. The van der Waals surface area contributed by atoms with E-state index in [1.807, 2.05) is 29.2 Å². The maximum absolute atomic E-state index is 12.8. The minimum atomic E-state index is -0.763. The molecule has 1 aromatic heterocycles. The number of hydrogen-bond acceptors (Lipinski definition) is 5. The first kappa shape index (κ1) is 15.6. The Morgan fingerprint density at radius 1 is 1.24 bits per heavy atom. The molecule has 2 aliphatic heterocycles. The van der Waals surface area contributed by atoms with Gasteiger partial charge in [0.25, 0.3) is 11.5 Å². The number of carbonyl (C=O) groups is 1. The van der Waals surface area contributed by atoms with Crippen LogP contribution in [0.2, 0.25) is 0 Å². The van der Waals surface area contributed by atoms with Gasteiger partial charge in [0.15, 0.2) is 0 Å². The highest BCUT2D eigenvalue weighted by Crippen LogP contribution is 2.42. The standard InChI is InChI=1S/C17H18N4O4/c18-12-13(19-16(24)20-14(12)22)15(23)21-7-3-6-17(9-21)11-5-2-1-4-10(11)8-25-17/h1-2,4-5H,3,6-9,18H2,(H2,19,20,22,24). The molecule has 0 radical (unpaired) electrons. The van der Waals surface area contributed by atoms with Gasteiger partial charge in [-0.15, -0.1) is 0 Å². The van der Waals surface area contributed by atoms with E-state index in [-0.39, 0.29) is 11.4 Å². The van der Waals surface area contributed by atoms with Crippen molar-refractivity contribution in [3.63, 3.8) is 0 Å². The number of aromatic nitrogens is 2. The van der Waals surface area contributed by atoms with Gasteiger partial charge in [-0.2, -0.15) is 0 Å². The molecule has 0 saturated carbocycles. The molecular formula is C17H18N4O4. The Labute approximate surface area is 142 Å². The van der Waals surface area contributed by atoms with Gasteiger partial charge in [0.05, 0.1) is 13.2 Å². The molecule has 1 spiro atoms. The van der Waals surface area contributed by atoms with E-state index in [1.165, 1.54) is 0 Å². The van der Waals surface area contributed by atoms with Crippen LogP contribution in [-0.4, -0.2) is 33.9 Å². The topological polar surface area (TPSA) is 121 Å². The number of nitrogens with one attached hydrogen (secondary N) is 2. The van der Waals surface area contributed by atoms with Crippen molar-refractivity contribution in [2.24, 2.45) is 0 Å². The number of nitrogens with two attached hydrogens (primary N) is 1. The van der Waals surface area contributed by atoms with E-state index < -0.39 is 22.8 Å². The Hall–Kier alpha value is -2.87. The molecule has 4 N–H and O–H groups in total. The van der Waals surface area contributed by atoms with Crippen LogP contribution in [0.3, 0.4) is 0 Å². The van der Waals surface area contributed by atoms with E-state index in [9.17, 15) is 14.4 Å². The van der Waals surface area contributed by atoms with Crippen molar-refractivity contribution in [2.75, 3.05) is 18.8 Å². The fourth-order valence-electron chi connectivity index (χ4n) is 3.74. The number of carbonyl (C=O) groups excluding carboxylic acids is 1. The number of ether oxygens (including phenoxy) is 1. The monoisotopic (exact) mass is 342 g/mol. The molecule has 1 saturated heterocycles. The first-order chi connectivity index (χ1) is 12.0. The van der Waals surface area contributed by atoms with Crippen LogP contribution < -0.4 is 17.0 Å². The van der Waals surface area contributed by atoms with Crippen molar-refractivity contribution < 1.29 is 9.53 Å². The Morgan fingerprint density at radius 3 is 2.88 bits per heavy atom. The fourth-order valence-corrected chi connectivity index (χ4v) is 3.74. The molecule has 1 amide bonds. The van der Waals surface area contributed by atoms with E-state index in [2.05, 4.69) is 4.98 Å². The number of H-pyrrole nitrogens is 2. The van der Waals surface area contributed by atoms with Crippen LogP contribution >= 0.6 is 0 Å². The van der Waals surface area contributed by atoms with Crippen molar-refractivity contribution in [1.82, 2.24) is 14.9 Å². The molecule has 1 atom stereocenters. The summed E-state index contributed by atoms with van der Waals surface area (Å²) >= 11 is 0. The number of hydrogen-bond donors (Lipinski definition) is 3. The molecule has 1 aromatic carbocycles.